The zero-order valence-corrected chi connectivity index (χ0v) is 12.6. The van der Waals surface area contributed by atoms with E-state index in [0.29, 0.717) is 18.0 Å². The van der Waals surface area contributed by atoms with Crippen molar-refractivity contribution in [2.24, 2.45) is 5.92 Å². The zero-order chi connectivity index (χ0) is 14.8. The van der Waals surface area contributed by atoms with Gasteiger partial charge in [-0.25, -0.2) is 13.1 Å². The highest BCUT2D eigenvalue weighted by molar-refractivity contribution is 7.89. The Labute approximate surface area is 120 Å². The van der Waals surface area contributed by atoms with Crippen LogP contribution in [0.2, 0.25) is 0 Å². The van der Waals surface area contributed by atoms with Crippen molar-refractivity contribution in [2.45, 2.75) is 18.2 Å². The van der Waals surface area contributed by atoms with Crippen LogP contribution < -0.4 is 4.72 Å². The molecule has 6 heteroatoms. The number of hydrogen-bond donors (Lipinski definition) is 1. The van der Waals surface area contributed by atoms with Gasteiger partial charge < -0.3 is 4.90 Å². The first-order valence-corrected chi connectivity index (χ1v) is 8.16. The fourth-order valence-corrected chi connectivity index (χ4v) is 3.49. The highest BCUT2D eigenvalue weighted by Gasteiger charge is 2.22. The summed E-state index contributed by atoms with van der Waals surface area (Å²) in [5, 5.41) is 0. The molecule has 1 N–H and O–H groups in total. The van der Waals surface area contributed by atoms with Crippen LogP contribution in [0, 0.1) is 5.92 Å². The number of likely N-dealkylation sites (tertiary alicyclic amines) is 1. The molecule has 1 atom stereocenters. The lowest BCUT2D eigenvalue weighted by molar-refractivity contribution is 0.101. The van der Waals surface area contributed by atoms with E-state index in [4.69, 9.17) is 0 Å². The van der Waals surface area contributed by atoms with Gasteiger partial charge in [0.1, 0.15) is 0 Å². The van der Waals surface area contributed by atoms with Crippen LogP contribution in [-0.4, -0.2) is 45.8 Å². The molecule has 1 aromatic rings. The number of carbonyl (C=O) groups excluding carboxylic acids is 1. The van der Waals surface area contributed by atoms with Gasteiger partial charge in [0.2, 0.25) is 10.0 Å². The normalized spacial score (nSPS) is 20.2. The summed E-state index contributed by atoms with van der Waals surface area (Å²) < 4.78 is 26.9. The molecule has 1 fully saturated rings. The number of carbonyl (C=O) groups is 1. The maximum absolute atomic E-state index is 12.1. The van der Waals surface area contributed by atoms with Crippen LogP contribution >= 0.6 is 0 Å². The van der Waals surface area contributed by atoms with Crippen molar-refractivity contribution in [3.63, 3.8) is 0 Å². The van der Waals surface area contributed by atoms with Crippen molar-refractivity contribution in [1.82, 2.24) is 9.62 Å². The van der Waals surface area contributed by atoms with Crippen molar-refractivity contribution in [2.75, 3.05) is 26.7 Å². The maximum Gasteiger partial charge on any atom is 0.240 e. The number of ketones is 1. The number of Topliss-reactive ketones (excluding diaryl/α,β-unsaturated/α-hetero) is 1. The van der Waals surface area contributed by atoms with Gasteiger partial charge in [-0.1, -0.05) is 12.1 Å². The molecule has 0 spiro atoms. The van der Waals surface area contributed by atoms with E-state index >= 15 is 0 Å². The third kappa shape index (κ3) is 3.65. The van der Waals surface area contributed by atoms with E-state index in [0.717, 1.165) is 19.5 Å². The molecule has 0 amide bonds. The van der Waals surface area contributed by atoms with Gasteiger partial charge >= 0.3 is 0 Å². The first-order valence-electron chi connectivity index (χ1n) is 6.68. The first kappa shape index (κ1) is 15.2. The summed E-state index contributed by atoms with van der Waals surface area (Å²) in [6, 6.07) is 6.03. The Balaban J connectivity index is 2.00. The minimum Gasteiger partial charge on any atom is -0.306 e. The highest BCUT2D eigenvalue weighted by Crippen LogP contribution is 2.15. The molecule has 0 aromatic heterocycles. The molecule has 0 saturated carbocycles. The Morgan fingerprint density at radius 3 is 2.50 bits per heavy atom. The van der Waals surface area contributed by atoms with Gasteiger partial charge in [0.25, 0.3) is 0 Å². The number of sulfonamides is 1. The van der Waals surface area contributed by atoms with Gasteiger partial charge in [-0.15, -0.1) is 0 Å². The van der Waals surface area contributed by atoms with Crippen LogP contribution in [0.5, 0.6) is 0 Å². The van der Waals surface area contributed by atoms with Crippen LogP contribution in [-0.2, 0) is 10.0 Å². The van der Waals surface area contributed by atoms with E-state index in [1.54, 1.807) is 12.1 Å². The van der Waals surface area contributed by atoms with Gasteiger partial charge in [-0.3, -0.25) is 4.79 Å². The predicted molar refractivity (Wildman–Crippen MR) is 77.2 cm³/mol. The Kier molecular flexibility index (Phi) is 4.57. The quantitative estimate of drug-likeness (QED) is 0.827. The largest absolute Gasteiger partial charge is 0.306 e. The predicted octanol–water partition coefficient (Wildman–Crippen LogP) is 1.12. The van der Waals surface area contributed by atoms with Crippen LogP contribution in [0.15, 0.2) is 29.2 Å². The third-order valence-electron chi connectivity index (χ3n) is 3.62. The Hall–Kier alpha value is -1.24. The second-order valence-electron chi connectivity index (χ2n) is 5.35. The summed E-state index contributed by atoms with van der Waals surface area (Å²) in [6.07, 6.45) is 1.02. The van der Waals surface area contributed by atoms with Gasteiger partial charge in [0, 0.05) is 18.7 Å². The molecule has 1 heterocycles. The molecule has 0 radical (unpaired) electrons. The second-order valence-corrected chi connectivity index (χ2v) is 7.12. The lowest BCUT2D eigenvalue weighted by Gasteiger charge is -2.12. The molecule has 1 aliphatic heterocycles. The third-order valence-corrected chi connectivity index (χ3v) is 5.06. The fraction of sp³-hybridized carbons (Fsp3) is 0.500. The molecule has 20 heavy (non-hydrogen) atoms. The van der Waals surface area contributed by atoms with Gasteiger partial charge in [0.15, 0.2) is 5.78 Å². The average molecular weight is 296 g/mol. The van der Waals surface area contributed by atoms with E-state index in [9.17, 15) is 13.2 Å². The average Bonchev–Trinajstić information content (AvgIpc) is 2.82. The van der Waals surface area contributed by atoms with Crippen LogP contribution in [0.1, 0.15) is 23.7 Å². The van der Waals surface area contributed by atoms with Crippen molar-refractivity contribution < 1.29 is 13.2 Å². The molecule has 110 valence electrons. The minimum absolute atomic E-state index is 0.0732. The smallest absolute Gasteiger partial charge is 0.240 e. The Morgan fingerprint density at radius 2 is 2.00 bits per heavy atom. The zero-order valence-electron chi connectivity index (χ0n) is 11.8. The van der Waals surface area contributed by atoms with Crippen molar-refractivity contribution >= 4 is 15.8 Å². The monoisotopic (exact) mass is 296 g/mol. The number of rotatable bonds is 5. The molecular formula is C14H20N2O3S. The van der Waals surface area contributed by atoms with Crippen LogP contribution in [0.25, 0.3) is 0 Å². The number of nitrogens with zero attached hydrogens (tertiary/aromatic N) is 1. The number of benzene rings is 1. The fourth-order valence-electron chi connectivity index (χ4n) is 2.37. The second kappa shape index (κ2) is 6.03. The summed E-state index contributed by atoms with van der Waals surface area (Å²) in [5.41, 5.74) is 0.515. The topological polar surface area (TPSA) is 66.5 Å². The standard InChI is InChI=1S/C14H20N2O3S/c1-11(17)13-3-5-14(6-4-13)20(18,19)15-9-12-7-8-16(2)10-12/h3-6,12,15H,7-10H2,1-2H3. The summed E-state index contributed by atoms with van der Waals surface area (Å²) in [5.74, 6) is 0.294. The van der Waals surface area contributed by atoms with Crippen LogP contribution in [0.3, 0.4) is 0 Å². The van der Waals surface area contributed by atoms with Crippen LogP contribution in [0.4, 0.5) is 0 Å². The summed E-state index contributed by atoms with van der Waals surface area (Å²) >= 11 is 0. The van der Waals surface area contributed by atoms with E-state index < -0.39 is 10.0 Å². The SMILES string of the molecule is CC(=O)c1ccc(S(=O)(=O)NCC2CCN(C)C2)cc1. The summed E-state index contributed by atoms with van der Waals surface area (Å²) in [4.78, 5) is 13.6. The molecule has 1 aromatic carbocycles. The summed E-state index contributed by atoms with van der Waals surface area (Å²) in [6.45, 7) is 3.85. The van der Waals surface area contributed by atoms with Crippen molar-refractivity contribution in [1.29, 1.82) is 0 Å². The van der Waals surface area contributed by atoms with E-state index in [2.05, 4.69) is 9.62 Å². The van der Waals surface area contributed by atoms with Gasteiger partial charge in [-0.05, 0) is 45.0 Å². The van der Waals surface area contributed by atoms with Gasteiger partial charge in [0.05, 0.1) is 4.90 Å². The molecule has 1 unspecified atom stereocenters. The number of hydrogen-bond acceptors (Lipinski definition) is 4. The van der Waals surface area contributed by atoms with E-state index in [1.165, 1.54) is 19.1 Å². The number of nitrogens with one attached hydrogen (secondary N) is 1. The molecular weight excluding hydrogens is 276 g/mol. The lowest BCUT2D eigenvalue weighted by Crippen LogP contribution is -2.30. The van der Waals surface area contributed by atoms with E-state index in [-0.39, 0.29) is 10.7 Å². The lowest BCUT2D eigenvalue weighted by atomic mass is 10.1. The van der Waals surface area contributed by atoms with Crippen molar-refractivity contribution in [3.05, 3.63) is 29.8 Å². The molecule has 5 nitrogen and oxygen atoms in total. The first-order chi connectivity index (χ1) is 9.38. The molecule has 2 rings (SSSR count). The van der Waals surface area contributed by atoms with Crippen molar-refractivity contribution in [3.8, 4) is 0 Å². The minimum atomic E-state index is -3.49. The molecule has 1 aliphatic rings. The Bertz CT molecular complexity index is 581. The van der Waals surface area contributed by atoms with E-state index in [1.807, 2.05) is 7.05 Å². The molecule has 0 aliphatic carbocycles. The molecule has 1 saturated heterocycles. The maximum atomic E-state index is 12.1. The molecule has 0 bridgehead atoms. The summed E-state index contributed by atoms with van der Waals surface area (Å²) in [7, 11) is -1.45. The highest BCUT2D eigenvalue weighted by atomic mass is 32.2. The van der Waals surface area contributed by atoms with Gasteiger partial charge in [-0.2, -0.15) is 0 Å². The Morgan fingerprint density at radius 1 is 1.35 bits per heavy atom.